The normalized spacial score (nSPS) is 23.5. The first kappa shape index (κ1) is 13.9. The van der Waals surface area contributed by atoms with Gasteiger partial charge in [0.2, 0.25) is 10.0 Å². The van der Waals surface area contributed by atoms with E-state index in [0.29, 0.717) is 13.2 Å². The summed E-state index contributed by atoms with van der Waals surface area (Å²) in [4.78, 5) is 0. The van der Waals surface area contributed by atoms with Crippen LogP contribution in [0.15, 0.2) is 0 Å². The highest BCUT2D eigenvalue weighted by Gasteiger charge is 2.24. The van der Waals surface area contributed by atoms with Crippen LogP contribution in [0.1, 0.15) is 32.6 Å². The number of nitrogens with two attached hydrogens (primary N) is 1. The van der Waals surface area contributed by atoms with Gasteiger partial charge >= 0.3 is 0 Å². The van der Waals surface area contributed by atoms with Crippen LogP contribution >= 0.6 is 0 Å². The molecule has 0 spiro atoms. The zero-order chi connectivity index (χ0) is 12.0. The van der Waals surface area contributed by atoms with Crippen LogP contribution in [0.3, 0.4) is 0 Å². The second kappa shape index (κ2) is 6.54. The molecule has 1 aliphatic rings. The Balaban J connectivity index is 2.42. The lowest BCUT2D eigenvalue weighted by molar-refractivity contribution is 0.127. The highest BCUT2D eigenvalue weighted by molar-refractivity contribution is 7.89. The molecule has 0 aromatic rings. The van der Waals surface area contributed by atoms with Gasteiger partial charge < -0.3 is 10.5 Å². The third-order valence-corrected chi connectivity index (χ3v) is 4.20. The summed E-state index contributed by atoms with van der Waals surface area (Å²) in [5, 5.41) is 0. The van der Waals surface area contributed by atoms with E-state index in [-0.39, 0.29) is 17.9 Å². The van der Waals surface area contributed by atoms with Gasteiger partial charge in [-0.15, -0.1) is 0 Å². The van der Waals surface area contributed by atoms with Gasteiger partial charge in [-0.3, -0.25) is 0 Å². The summed E-state index contributed by atoms with van der Waals surface area (Å²) in [6, 6.07) is -0.142. The lowest BCUT2D eigenvalue weighted by Gasteiger charge is -2.17. The molecular weight excluding hydrogens is 228 g/mol. The Bertz CT molecular complexity index is 286. The third-order valence-electron chi connectivity index (χ3n) is 2.70. The van der Waals surface area contributed by atoms with Crippen molar-refractivity contribution in [3.63, 3.8) is 0 Å². The lowest BCUT2D eigenvalue weighted by atomic mass is 10.2. The molecule has 3 N–H and O–H groups in total. The molecule has 0 aromatic carbocycles. The molecule has 1 heterocycles. The van der Waals surface area contributed by atoms with Crippen molar-refractivity contribution in [1.29, 1.82) is 0 Å². The molecule has 0 aromatic heterocycles. The van der Waals surface area contributed by atoms with E-state index in [1.54, 1.807) is 0 Å². The zero-order valence-electron chi connectivity index (χ0n) is 9.81. The van der Waals surface area contributed by atoms with Crippen molar-refractivity contribution in [2.75, 3.05) is 18.9 Å². The fourth-order valence-electron chi connectivity index (χ4n) is 1.90. The summed E-state index contributed by atoms with van der Waals surface area (Å²) in [5.74, 6) is 0.0627. The third kappa shape index (κ3) is 4.78. The van der Waals surface area contributed by atoms with Crippen LogP contribution in [-0.4, -0.2) is 39.5 Å². The summed E-state index contributed by atoms with van der Waals surface area (Å²) in [7, 11) is -3.25. The van der Waals surface area contributed by atoms with Crippen molar-refractivity contribution < 1.29 is 13.2 Å². The van der Waals surface area contributed by atoms with Crippen LogP contribution in [0.25, 0.3) is 0 Å². The van der Waals surface area contributed by atoms with E-state index in [4.69, 9.17) is 10.5 Å². The van der Waals surface area contributed by atoms with Gasteiger partial charge in [0.05, 0.1) is 11.9 Å². The molecule has 0 saturated carbocycles. The van der Waals surface area contributed by atoms with Crippen LogP contribution < -0.4 is 10.5 Å². The molecular formula is C10H22N2O3S. The zero-order valence-corrected chi connectivity index (χ0v) is 10.6. The summed E-state index contributed by atoms with van der Waals surface area (Å²) >= 11 is 0. The molecule has 2 atom stereocenters. The summed E-state index contributed by atoms with van der Waals surface area (Å²) in [5.41, 5.74) is 5.52. The van der Waals surface area contributed by atoms with Gasteiger partial charge in [0, 0.05) is 19.2 Å². The number of nitrogens with one attached hydrogen (secondary N) is 1. The van der Waals surface area contributed by atoms with Gasteiger partial charge in [0.25, 0.3) is 0 Å². The molecule has 6 heteroatoms. The molecule has 0 aliphatic carbocycles. The molecule has 1 fully saturated rings. The van der Waals surface area contributed by atoms with Crippen molar-refractivity contribution >= 4 is 10.0 Å². The van der Waals surface area contributed by atoms with Gasteiger partial charge in [-0.25, -0.2) is 13.1 Å². The monoisotopic (exact) mass is 250 g/mol. The maximum atomic E-state index is 11.8. The molecule has 0 radical (unpaired) electrons. The minimum atomic E-state index is -3.25. The number of rotatable bonds is 7. The minimum absolute atomic E-state index is 0.0627. The fourth-order valence-corrected chi connectivity index (χ4v) is 3.47. The van der Waals surface area contributed by atoms with Gasteiger partial charge in [0.1, 0.15) is 0 Å². The molecule has 0 bridgehead atoms. The average molecular weight is 250 g/mol. The number of sulfonamides is 1. The second-order valence-electron chi connectivity index (χ2n) is 4.26. The largest absolute Gasteiger partial charge is 0.377 e. The van der Waals surface area contributed by atoms with E-state index >= 15 is 0 Å². The predicted octanol–water partition coefficient (Wildman–Crippen LogP) is 0.212. The number of hydrogen-bond acceptors (Lipinski definition) is 4. The molecule has 0 amide bonds. The topological polar surface area (TPSA) is 81.4 Å². The maximum Gasteiger partial charge on any atom is 0.214 e. The van der Waals surface area contributed by atoms with Crippen molar-refractivity contribution in [1.82, 2.24) is 4.72 Å². The van der Waals surface area contributed by atoms with Crippen molar-refractivity contribution in [3.05, 3.63) is 0 Å². The van der Waals surface area contributed by atoms with Crippen LogP contribution in [0.2, 0.25) is 0 Å². The van der Waals surface area contributed by atoms with Crippen LogP contribution in [-0.2, 0) is 14.8 Å². The van der Waals surface area contributed by atoms with Crippen LogP contribution in [0, 0.1) is 0 Å². The average Bonchev–Trinajstić information content (AvgIpc) is 2.68. The fraction of sp³-hybridized carbons (Fsp3) is 1.00. The highest BCUT2D eigenvalue weighted by atomic mass is 32.2. The molecule has 5 nitrogen and oxygen atoms in total. The Hall–Kier alpha value is -0.170. The van der Waals surface area contributed by atoms with Crippen molar-refractivity contribution in [3.8, 4) is 0 Å². The standard InChI is InChI=1S/C10H22N2O3S/c1-2-4-9(7-11)12-16(13,14)8-10-5-3-6-15-10/h9-10,12H,2-8,11H2,1H3. The van der Waals surface area contributed by atoms with E-state index in [1.165, 1.54) is 0 Å². The second-order valence-corrected chi connectivity index (χ2v) is 6.05. The summed E-state index contributed by atoms with van der Waals surface area (Å²) < 4.78 is 31.5. The van der Waals surface area contributed by atoms with Crippen molar-refractivity contribution in [2.45, 2.75) is 44.8 Å². The van der Waals surface area contributed by atoms with E-state index in [1.807, 2.05) is 6.92 Å². The van der Waals surface area contributed by atoms with Gasteiger partial charge in [0.15, 0.2) is 0 Å². The van der Waals surface area contributed by atoms with E-state index in [0.717, 1.165) is 25.7 Å². The molecule has 96 valence electrons. The quantitative estimate of drug-likeness (QED) is 0.677. The minimum Gasteiger partial charge on any atom is -0.377 e. The van der Waals surface area contributed by atoms with Gasteiger partial charge in [-0.1, -0.05) is 13.3 Å². The molecule has 1 rings (SSSR count). The Morgan fingerprint density at radius 3 is 2.81 bits per heavy atom. The van der Waals surface area contributed by atoms with E-state index in [9.17, 15) is 8.42 Å². The Labute approximate surface area is 97.8 Å². The highest BCUT2D eigenvalue weighted by Crippen LogP contribution is 2.13. The Kier molecular flexibility index (Phi) is 5.68. The van der Waals surface area contributed by atoms with Crippen LogP contribution in [0.5, 0.6) is 0 Å². The summed E-state index contributed by atoms with van der Waals surface area (Å²) in [6.07, 6.45) is 3.35. The Morgan fingerprint density at radius 2 is 2.31 bits per heavy atom. The molecule has 1 aliphatic heterocycles. The van der Waals surface area contributed by atoms with E-state index in [2.05, 4.69) is 4.72 Å². The maximum absolute atomic E-state index is 11.8. The molecule has 16 heavy (non-hydrogen) atoms. The molecule has 1 saturated heterocycles. The summed E-state index contributed by atoms with van der Waals surface area (Å²) in [6.45, 7) is 3.03. The number of ether oxygens (including phenoxy) is 1. The smallest absolute Gasteiger partial charge is 0.214 e. The van der Waals surface area contributed by atoms with Crippen LogP contribution in [0.4, 0.5) is 0 Å². The van der Waals surface area contributed by atoms with Gasteiger partial charge in [-0.05, 0) is 19.3 Å². The van der Waals surface area contributed by atoms with Gasteiger partial charge in [-0.2, -0.15) is 0 Å². The number of hydrogen-bond donors (Lipinski definition) is 2. The Morgan fingerprint density at radius 1 is 1.56 bits per heavy atom. The SMILES string of the molecule is CCCC(CN)NS(=O)(=O)CC1CCCO1. The first-order chi connectivity index (χ1) is 7.57. The first-order valence-electron chi connectivity index (χ1n) is 5.89. The predicted molar refractivity (Wildman–Crippen MR) is 63.6 cm³/mol. The lowest BCUT2D eigenvalue weighted by Crippen LogP contribution is -2.42. The first-order valence-corrected chi connectivity index (χ1v) is 7.54. The van der Waals surface area contributed by atoms with E-state index < -0.39 is 10.0 Å². The van der Waals surface area contributed by atoms with Crippen molar-refractivity contribution in [2.24, 2.45) is 5.73 Å². The molecule has 2 unspecified atom stereocenters.